The second kappa shape index (κ2) is 9.08. The van der Waals surface area contributed by atoms with Crippen molar-refractivity contribution in [1.82, 2.24) is 19.4 Å². The van der Waals surface area contributed by atoms with Crippen molar-refractivity contribution in [3.8, 4) is 0 Å². The summed E-state index contributed by atoms with van der Waals surface area (Å²) in [5.41, 5.74) is 3.58. The molecule has 1 aliphatic carbocycles. The molecule has 5 rings (SSSR count). The van der Waals surface area contributed by atoms with Gasteiger partial charge in [-0.2, -0.15) is 9.40 Å². The third-order valence-corrected chi connectivity index (χ3v) is 8.07. The Morgan fingerprint density at radius 2 is 1.94 bits per heavy atom. The minimum atomic E-state index is -3.55. The van der Waals surface area contributed by atoms with Crippen LogP contribution >= 0.6 is 0 Å². The van der Waals surface area contributed by atoms with Gasteiger partial charge in [0.15, 0.2) is 12.1 Å². The number of sulfonamides is 1. The standard InChI is InChI=1S/C25H27N5O3S/c1-26-12-11-23-22(17-31)25(28-30(23)15-19-7-8-19)27-21-9-10-24-20(13-21)16-29(34(24,32)33)14-18-5-3-2-4-6-18/h2-6,9-13,17,19,26H,7-8,14-16H2,1H3,(H,27,28)/b12-11-. The number of hydrogen-bond donors (Lipinski definition) is 2. The number of fused-ring (bicyclic) bond motifs is 1. The lowest BCUT2D eigenvalue weighted by atomic mass is 10.1. The maximum atomic E-state index is 13.0. The molecule has 0 saturated heterocycles. The smallest absolute Gasteiger partial charge is 0.244 e. The van der Waals surface area contributed by atoms with Gasteiger partial charge in [0, 0.05) is 32.4 Å². The van der Waals surface area contributed by atoms with Crippen molar-refractivity contribution in [3.63, 3.8) is 0 Å². The second-order valence-electron chi connectivity index (χ2n) is 8.72. The number of hydrogen-bond acceptors (Lipinski definition) is 6. The van der Waals surface area contributed by atoms with Crippen molar-refractivity contribution in [2.75, 3.05) is 12.4 Å². The van der Waals surface area contributed by atoms with E-state index in [0.717, 1.165) is 29.7 Å². The van der Waals surface area contributed by atoms with Gasteiger partial charge in [-0.15, -0.1) is 0 Å². The molecule has 9 heteroatoms. The molecule has 0 amide bonds. The van der Waals surface area contributed by atoms with E-state index in [1.165, 1.54) is 17.1 Å². The molecule has 1 aliphatic heterocycles. The number of nitrogens with zero attached hydrogens (tertiary/aromatic N) is 3. The Hall–Kier alpha value is -3.43. The first kappa shape index (κ1) is 22.4. The molecule has 176 valence electrons. The van der Waals surface area contributed by atoms with Crippen LogP contribution < -0.4 is 10.6 Å². The number of aromatic nitrogens is 2. The lowest BCUT2D eigenvalue weighted by Gasteiger charge is -2.14. The van der Waals surface area contributed by atoms with Crippen LogP contribution in [-0.2, 0) is 29.7 Å². The van der Waals surface area contributed by atoms with Crippen LogP contribution in [0.3, 0.4) is 0 Å². The molecule has 0 bridgehead atoms. The van der Waals surface area contributed by atoms with Crippen LogP contribution in [0.1, 0.15) is 40.0 Å². The predicted molar refractivity (Wildman–Crippen MR) is 131 cm³/mol. The lowest BCUT2D eigenvalue weighted by Crippen LogP contribution is -2.23. The molecule has 2 aliphatic rings. The highest BCUT2D eigenvalue weighted by Crippen LogP contribution is 2.35. The van der Waals surface area contributed by atoms with Crippen molar-refractivity contribution >= 4 is 33.9 Å². The summed E-state index contributed by atoms with van der Waals surface area (Å²) in [5, 5.41) is 10.9. The average Bonchev–Trinajstić information content (AvgIpc) is 3.54. The largest absolute Gasteiger partial charge is 0.394 e. The molecule has 0 radical (unpaired) electrons. The zero-order valence-electron chi connectivity index (χ0n) is 18.9. The van der Waals surface area contributed by atoms with Crippen molar-refractivity contribution in [1.29, 1.82) is 0 Å². The van der Waals surface area contributed by atoms with Crippen LogP contribution in [0.5, 0.6) is 0 Å². The monoisotopic (exact) mass is 477 g/mol. The van der Waals surface area contributed by atoms with Crippen LogP contribution in [0.15, 0.2) is 59.6 Å². The third-order valence-electron chi connectivity index (χ3n) is 6.17. The summed E-state index contributed by atoms with van der Waals surface area (Å²) < 4.78 is 29.4. The fourth-order valence-electron chi connectivity index (χ4n) is 4.23. The SMILES string of the molecule is CN/C=C\c1c(C=O)c(Nc2ccc3c(c2)CN(Cc2ccccc2)S3(=O)=O)nn1CC1CC1. The highest BCUT2D eigenvalue weighted by Gasteiger charge is 2.34. The Bertz CT molecular complexity index is 1340. The maximum Gasteiger partial charge on any atom is 0.244 e. The number of rotatable bonds is 9. The Balaban J connectivity index is 1.42. The third kappa shape index (κ3) is 4.36. The fourth-order valence-corrected chi connectivity index (χ4v) is 5.83. The van der Waals surface area contributed by atoms with Gasteiger partial charge in [0.05, 0.1) is 16.2 Å². The van der Waals surface area contributed by atoms with E-state index >= 15 is 0 Å². The van der Waals surface area contributed by atoms with E-state index in [-0.39, 0.29) is 0 Å². The summed E-state index contributed by atoms with van der Waals surface area (Å²) in [6, 6.07) is 14.7. The predicted octanol–water partition coefficient (Wildman–Crippen LogP) is 3.74. The van der Waals surface area contributed by atoms with Gasteiger partial charge in [-0.3, -0.25) is 9.48 Å². The quantitative estimate of drug-likeness (QED) is 0.456. The van der Waals surface area contributed by atoms with E-state index in [0.29, 0.717) is 41.0 Å². The first-order chi connectivity index (χ1) is 16.5. The normalized spacial score (nSPS) is 17.1. The molecule has 1 saturated carbocycles. The number of carbonyl (C=O) groups excluding carboxylic acids is 1. The van der Waals surface area contributed by atoms with Gasteiger partial charge < -0.3 is 10.6 Å². The van der Waals surface area contributed by atoms with Gasteiger partial charge in [0.1, 0.15) is 0 Å². The van der Waals surface area contributed by atoms with E-state index in [1.807, 2.05) is 47.2 Å². The molecular formula is C25H27N5O3S. The van der Waals surface area contributed by atoms with E-state index in [4.69, 9.17) is 0 Å². The molecule has 1 aromatic heterocycles. The number of anilines is 2. The van der Waals surface area contributed by atoms with Gasteiger partial charge in [-0.25, -0.2) is 8.42 Å². The molecule has 1 fully saturated rings. The highest BCUT2D eigenvalue weighted by atomic mass is 32.2. The van der Waals surface area contributed by atoms with Crippen molar-refractivity contribution < 1.29 is 13.2 Å². The number of aldehydes is 1. The molecule has 0 spiro atoms. The molecule has 0 atom stereocenters. The average molecular weight is 478 g/mol. The van der Waals surface area contributed by atoms with Crippen LogP contribution in [-0.4, -0.2) is 35.8 Å². The zero-order valence-corrected chi connectivity index (χ0v) is 19.8. The Morgan fingerprint density at radius 1 is 1.15 bits per heavy atom. The Labute approximate surface area is 199 Å². The Morgan fingerprint density at radius 3 is 2.65 bits per heavy atom. The molecule has 2 N–H and O–H groups in total. The van der Waals surface area contributed by atoms with Gasteiger partial charge >= 0.3 is 0 Å². The number of carbonyl (C=O) groups is 1. The van der Waals surface area contributed by atoms with Gasteiger partial charge in [0.2, 0.25) is 10.0 Å². The molecule has 0 unspecified atom stereocenters. The van der Waals surface area contributed by atoms with Crippen molar-refractivity contribution in [2.45, 2.75) is 37.4 Å². The second-order valence-corrected chi connectivity index (χ2v) is 10.6. The summed E-state index contributed by atoms with van der Waals surface area (Å²) in [4.78, 5) is 12.3. The van der Waals surface area contributed by atoms with E-state index < -0.39 is 10.0 Å². The maximum absolute atomic E-state index is 13.0. The van der Waals surface area contributed by atoms with Crippen LogP contribution in [0.25, 0.3) is 6.08 Å². The molecule has 34 heavy (non-hydrogen) atoms. The molecule has 3 aromatic rings. The summed E-state index contributed by atoms with van der Waals surface area (Å²) in [6.07, 6.45) is 6.79. The molecule has 8 nitrogen and oxygen atoms in total. The zero-order chi connectivity index (χ0) is 23.7. The molecular weight excluding hydrogens is 450 g/mol. The topological polar surface area (TPSA) is 96.3 Å². The first-order valence-corrected chi connectivity index (χ1v) is 12.8. The number of nitrogens with one attached hydrogen (secondary N) is 2. The van der Waals surface area contributed by atoms with Crippen molar-refractivity contribution in [3.05, 3.63) is 77.1 Å². The summed E-state index contributed by atoms with van der Waals surface area (Å²) in [6.45, 7) is 1.39. The molecule has 2 aromatic carbocycles. The van der Waals surface area contributed by atoms with Gasteiger partial charge in [-0.1, -0.05) is 30.3 Å². The van der Waals surface area contributed by atoms with E-state index in [2.05, 4.69) is 15.7 Å². The highest BCUT2D eigenvalue weighted by molar-refractivity contribution is 7.89. The fraction of sp³-hybridized carbons (Fsp3) is 0.280. The number of benzene rings is 2. The van der Waals surface area contributed by atoms with Crippen LogP contribution in [0, 0.1) is 5.92 Å². The van der Waals surface area contributed by atoms with Crippen LogP contribution in [0.4, 0.5) is 11.5 Å². The van der Waals surface area contributed by atoms with Crippen LogP contribution in [0.2, 0.25) is 0 Å². The first-order valence-electron chi connectivity index (χ1n) is 11.3. The van der Waals surface area contributed by atoms with Gasteiger partial charge in [0.25, 0.3) is 0 Å². The van der Waals surface area contributed by atoms with E-state index in [9.17, 15) is 13.2 Å². The minimum absolute atomic E-state index is 0.300. The van der Waals surface area contributed by atoms with E-state index in [1.54, 1.807) is 25.4 Å². The summed E-state index contributed by atoms with van der Waals surface area (Å²) >= 11 is 0. The Kier molecular flexibility index (Phi) is 5.97. The molecule has 2 heterocycles. The lowest BCUT2D eigenvalue weighted by molar-refractivity contribution is 0.112. The summed E-state index contributed by atoms with van der Waals surface area (Å²) in [5.74, 6) is 1.06. The summed E-state index contributed by atoms with van der Waals surface area (Å²) in [7, 11) is -1.75. The van der Waals surface area contributed by atoms with Crippen molar-refractivity contribution in [2.24, 2.45) is 5.92 Å². The minimum Gasteiger partial charge on any atom is -0.394 e. The van der Waals surface area contributed by atoms with Gasteiger partial charge in [-0.05, 0) is 60.4 Å².